The molecule has 3 aromatic rings. The molecule has 0 amide bonds. The van der Waals surface area contributed by atoms with Crippen molar-refractivity contribution in [2.24, 2.45) is 5.73 Å². The van der Waals surface area contributed by atoms with E-state index in [1.54, 1.807) is 0 Å². The lowest BCUT2D eigenvalue weighted by Crippen LogP contribution is -2.13. The first-order valence-electron chi connectivity index (χ1n) is 7.57. The Morgan fingerprint density at radius 3 is 2.60 bits per heavy atom. The van der Waals surface area contributed by atoms with Crippen molar-refractivity contribution in [3.05, 3.63) is 69.5 Å². The van der Waals surface area contributed by atoms with E-state index in [1.807, 2.05) is 31.2 Å². The number of nitro benzene ring substituents is 1. The van der Waals surface area contributed by atoms with Gasteiger partial charge in [0.25, 0.3) is 5.69 Å². The normalized spacial score (nSPS) is 12.0. The van der Waals surface area contributed by atoms with Crippen LogP contribution in [0.1, 0.15) is 23.0 Å². The molecule has 3 rings (SSSR count). The third-order valence-corrected chi connectivity index (χ3v) is 3.87. The zero-order chi connectivity index (χ0) is 18.0. The molecule has 2 aromatic carbocycles. The van der Waals surface area contributed by atoms with Gasteiger partial charge in [0.05, 0.1) is 23.6 Å². The number of aromatic amines is 1. The predicted molar refractivity (Wildman–Crippen MR) is 92.2 cm³/mol. The maximum atomic E-state index is 11.0. The highest BCUT2D eigenvalue weighted by Crippen LogP contribution is 2.31. The first kappa shape index (κ1) is 16.6. The number of nitrogens with two attached hydrogens (primary N) is 1. The van der Waals surface area contributed by atoms with Gasteiger partial charge < -0.3 is 10.5 Å². The largest absolute Gasteiger partial charge is 0.496 e. The van der Waals surface area contributed by atoms with Crippen molar-refractivity contribution >= 4 is 5.69 Å². The second-order valence-electron chi connectivity index (χ2n) is 5.57. The number of aryl methyl sites for hydroxylation is 1. The summed E-state index contributed by atoms with van der Waals surface area (Å²) in [6, 6.07) is 11.6. The lowest BCUT2D eigenvalue weighted by molar-refractivity contribution is -0.384. The molecule has 8 nitrogen and oxygen atoms in total. The van der Waals surface area contributed by atoms with Crippen molar-refractivity contribution in [3.63, 3.8) is 0 Å². The fraction of sp³-hybridized carbons (Fsp3) is 0.176. The molecule has 3 N–H and O–H groups in total. The van der Waals surface area contributed by atoms with Crippen LogP contribution >= 0.6 is 0 Å². The van der Waals surface area contributed by atoms with Gasteiger partial charge in [-0.2, -0.15) is 5.10 Å². The maximum absolute atomic E-state index is 11.0. The fourth-order valence-electron chi connectivity index (χ4n) is 2.45. The van der Waals surface area contributed by atoms with Crippen LogP contribution in [0, 0.1) is 17.0 Å². The Morgan fingerprint density at radius 2 is 1.96 bits per heavy atom. The summed E-state index contributed by atoms with van der Waals surface area (Å²) >= 11 is 0. The van der Waals surface area contributed by atoms with Gasteiger partial charge in [-0.3, -0.25) is 15.2 Å². The van der Waals surface area contributed by atoms with Gasteiger partial charge in [0.15, 0.2) is 5.82 Å². The Kier molecular flexibility index (Phi) is 4.44. The number of hydrogen-bond donors (Lipinski definition) is 2. The Labute approximate surface area is 143 Å². The Hall–Kier alpha value is -3.26. The third kappa shape index (κ3) is 3.33. The molecule has 1 aromatic heterocycles. The van der Waals surface area contributed by atoms with Crippen molar-refractivity contribution < 1.29 is 9.66 Å². The van der Waals surface area contributed by atoms with Crippen LogP contribution in [-0.2, 0) is 0 Å². The SMILES string of the molecule is COc1ccc([N+](=O)[O-])cc1-c1n[nH]c(C(N)c2ccc(C)cc2)n1. The number of ether oxygens (including phenoxy) is 1. The van der Waals surface area contributed by atoms with E-state index in [0.717, 1.165) is 11.1 Å². The van der Waals surface area contributed by atoms with Crippen molar-refractivity contribution in [1.29, 1.82) is 0 Å². The lowest BCUT2D eigenvalue weighted by Gasteiger charge is -2.08. The summed E-state index contributed by atoms with van der Waals surface area (Å²) in [4.78, 5) is 14.9. The molecule has 0 saturated carbocycles. The highest BCUT2D eigenvalue weighted by Gasteiger charge is 2.19. The Bertz CT molecular complexity index is 905. The van der Waals surface area contributed by atoms with Crippen LogP contribution in [-0.4, -0.2) is 27.2 Å². The minimum absolute atomic E-state index is 0.0648. The van der Waals surface area contributed by atoms with Crippen molar-refractivity contribution in [2.45, 2.75) is 13.0 Å². The van der Waals surface area contributed by atoms with Gasteiger partial charge in [0.2, 0.25) is 0 Å². The second kappa shape index (κ2) is 6.70. The molecule has 1 unspecified atom stereocenters. The molecule has 0 saturated heterocycles. The minimum atomic E-state index is -0.480. The van der Waals surface area contributed by atoms with E-state index in [2.05, 4.69) is 15.2 Å². The van der Waals surface area contributed by atoms with E-state index in [-0.39, 0.29) is 11.5 Å². The number of H-pyrrole nitrogens is 1. The molecular weight excluding hydrogens is 322 g/mol. The summed E-state index contributed by atoms with van der Waals surface area (Å²) in [5, 5.41) is 18.0. The average molecular weight is 339 g/mol. The van der Waals surface area contributed by atoms with Crippen LogP contribution in [0.15, 0.2) is 42.5 Å². The van der Waals surface area contributed by atoms with Crippen LogP contribution in [0.3, 0.4) is 0 Å². The van der Waals surface area contributed by atoms with Gasteiger partial charge in [0, 0.05) is 12.1 Å². The summed E-state index contributed by atoms with van der Waals surface area (Å²) in [6.07, 6.45) is 0. The van der Waals surface area contributed by atoms with Crippen LogP contribution in [0.25, 0.3) is 11.4 Å². The Morgan fingerprint density at radius 1 is 1.24 bits per heavy atom. The highest BCUT2D eigenvalue weighted by atomic mass is 16.6. The molecule has 1 atom stereocenters. The molecule has 0 spiro atoms. The van der Waals surface area contributed by atoms with Gasteiger partial charge in [-0.25, -0.2) is 4.98 Å². The minimum Gasteiger partial charge on any atom is -0.496 e. The standard InChI is InChI=1S/C17H17N5O3/c1-10-3-5-11(6-4-10)15(18)17-19-16(20-21-17)13-9-12(22(23)24)7-8-14(13)25-2/h3-9,15H,18H2,1-2H3,(H,19,20,21). The first-order valence-corrected chi connectivity index (χ1v) is 7.57. The average Bonchev–Trinajstić information content (AvgIpc) is 3.11. The van der Waals surface area contributed by atoms with E-state index >= 15 is 0 Å². The van der Waals surface area contributed by atoms with Gasteiger partial charge in [0.1, 0.15) is 11.6 Å². The second-order valence-corrected chi connectivity index (χ2v) is 5.57. The first-order chi connectivity index (χ1) is 12.0. The lowest BCUT2D eigenvalue weighted by atomic mass is 10.1. The summed E-state index contributed by atoms with van der Waals surface area (Å²) in [5.41, 5.74) is 8.62. The van der Waals surface area contributed by atoms with Crippen LogP contribution in [0.2, 0.25) is 0 Å². The Balaban J connectivity index is 1.97. The smallest absolute Gasteiger partial charge is 0.270 e. The van der Waals surface area contributed by atoms with E-state index in [1.165, 1.54) is 25.3 Å². The molecule has 0 fully saturated rings. The van der Waals surface area contributed by atoms with Crippen molar-refractivity contribution in [3.8, 4) is 17.1 Å². The number of nitrogens with zero attached hydrogens (tertiary/aromatic N) is 3. The van der Waals surface area contributed by atoms with Crippen LogP contribution < -0.4 is 10.5 Å². The molecule has 0 bridgehead atoms. The predicted octanol–water partition coefficient (Wildman–Crippen LogP) is 2.75. The number of benzene rings is 2. The highest BCUT2D eigenvalue weighted by molar-refractivity contribution is 5.67. The van der Waals surface area contributed by atoms with E-state index in [4.69, 9.17) is 10.5 Å². The number of nitro groups is 1. The molecule has 1 heterocycles. The molecule has 0 aliphatic heterocycles. The van der Waals surface area contributed by atoms with Crippen LogP contribution in [0.5, 0.6) is 5.75 Å². The topological polar surface area (TPSA) is 120 Å². The summed E-state index contributed by atoms with van der Waals surface area (Å²) in [6.45, 7) is 2.00. The van der Waals surface area contributed by atoms with Gasteiger partial charge in [-0.15, -0.1) is 0 Å². The summed E-state index contributed by atoms with van der Waals surface area (Å²) < 4.78 is 5.25. The van der Waals surface area contributed by atoms with E-state index in [9.17, 15) is 10.1 Å². The van der Waals surface area contributed by atoms with Gasteiger partial charge >= 0.3 is 0 Å². The molecule has 0 radical (unpaired) electrons. The maximum Gasteiger partial charge on any atom is 0.270 e. The number of methoxy groups -OCH3 is 1. The molecule has 0 aliphatic carbocycles. The van der Waals surface area contributed by atoms with E-state index < -0.39 is 11.0 Å². The number of hydrogen-bond acceptors (Lipinski definition) is 6. The van der Waals surface area contributed by atoms with Crippen molar-refractivity contribution in [1.82, 2.24) is 15.2 Å². The van der Waals surface area contributed by atoms with Crippen molar-refractivity contribution in [2.75, 3.05) is 7.11 Å². The van der Waals surface area contributed by atoms with E-state index in [0.29, 0.717) is 17.1 Å². The number of non-ortho nitro benzene ring substituents is 1. The zero-order valence-corrected chi connectivity index (χ0v) is 13.8. The monoisotopic (exact) mass is 339 g/mol. The molecule has 0 aliphatic rings. The zero-order valence-electron chi connectivity index (χ0n) is 13.8. The molecule has 128 valence electrons. The van der Waals surface area contributed by atoms with Gasteiger partial charge in [-0.05, 0) is 18.6 Å². The molecule has 8 heteroatoms. The number of nitrogens with one attached hydrogen (secondary N) is 1. The summed E-state index contributed by atoms with van der Waals surface area (Å²) in [5.74, 6) is 1.20. The quantitative estimate of drug-likeness (QED) is 0.545. The third-order valence-electron chi connectivity index (χ3n) is 3.87. The van der Waals surface area contributed by atoms with Gasteiger partial charge in [-0.1, -0.05) is 29.8 Å². The number of aromatic nitrogens is 3. The molecular formula is C17H17N5O3. The summed E-state index contributed by atoms with van der Waals surface area (Å²) in [7, 11) is 1.48. The van der Waals surface area contributed by atoms with Crippen LogP contribution in [0.4, 0.5) is 5.69 Å². The number of rotatable bonds is 5. The molecule has 25 heavy (non-hydrogen) atoms. The fourth-order valence-corrected chi connectivity index (χ4v) is 2.45.